The second-order valence-corrected chi connectivity index (χ2v) is 5.74. The van der Waals surface area contributed by atoms with Gasteiger partial charge in [0, 0.05) is 0 Å². The minimum Gasteiger partial charge on any atom is -0.0795 e. The Hall–Kier alpha value is -2.34. The number of hydrogen-bond donors (Lipinski definition) is 0. The molecule has 0 nitrogen and oxygen atoms in total. The molecule has 0 spiro atoms. The molecule has 0 heteroatoms. The molecule has 3 aromatic carbocycles. The highest BCUT2D eigenvalue weighted by atomic mass is 14.2. The van der Waals surface area contributed by atoms with Crippen molar-refractivity contribution in [3.8, 4) is 0 Å². The summed E-state index contributed by atoms with van der Waals surface area (Å²) < 4.78 is 0. The van der Waals surface area contributed by atoms with Gasteiger partial charge in [0.1, 0.15) is 0 Å². The van der Waals surface area contributed by atoms with Crippen LogP contribution in [0.5, 0.6) is 0 Å². The van der Waals surface area contributed by atoms with E-state index >= 15 is 0 Å². The third-order valence-corrected chi connectivity index (χ3v) is 4.43. The molecule has 0 saturated heterocycles. The van der Waals surface area contributed by atoms with Gasteiger partial charge < -0.3 is 0 Å². The molecule has 21 heavy (non-hydrogen) atoms. The lowest BCUT2D eigenvalue weighted by Gasteiger charge is -1.99. The van der Waals surface area contributed by atoms with Crippen LogP contribution in [-0.4, -0.2) is 0 Å². The van der Waals surface area contributed by atoms with Gasteiger partial charge in [-0.1, -0.05) is 72.8 Å². The summed E-state index contributed by atoms with van der Waals surface area (Å²) in [7, 11) is 0. The number of rotatable bonds is 0. The van der Waals surface area contributed by atoms with E-state index in [1.807, 2.05) is 0 Å². The second-order valence-electron chi connectivity index (χ2n) is 5.74. The molecule has 0 fully saturated rings. The summed E-state index contributed by atoms with van der Waals surface area (Å²) in [6, 6.07) is 21.7. The first-order valence-corrected chi connectivity index (χ1v) is 7.66. The smallest absolute Gasteiger partial charge is 0.00882 e. The number of allylic oxidation sites excluding steroid dienone is 1. The van der Waals surface area contributed by atoms with Crippen molar-refractivity contribution in [2.24, 2.45) is 0 Å². The van der Waals surface area contributed by atoms with Crippen LogP contribution in [0, 0.1) is 0 Å². The van der Waals surface area contributed by atoms with E-state index in [0.717, 1.165) is 6.42 Å². The Bertz CT molecular complexity index is 786. The number of benzene rings is 3. The zero-order valence-corrected chi connectivity index (χ0v) is 12.0. The third kappa shape index (κ3) is 2.27. The van der Waals surface area contributed by atoms with Gasteiger partial charge in [-0.15, -0.1) is 0 Å². The van der Waals surface area contributed by atoms with Crippen LogP contribution in [0.25, 0.3) is 16.8 Å². The van der Waals surface area contributed by atoms with Crippen molar-refractivity contribution in [3.05, 3.63) is 89.0 Å². The van der Waals surface area contributed by atoms with Crippen molar-refractivity contribution in [2.45, 2.75) is 19.3 Å². The fourth-order valence-electron chi connectivity index (χ4n) is 3.38. The number of aryl methyl sites for hydroxylation is 2. The zero-order chi connectivity index (χ0) is 14.1. The predicted octanol–water partition coefficient (Wildman–Crippen LogP) is 5.19. The fourth-order valence-corrected chi connectivity index (χ4v) is 3.38. The first-order chi connectivity index (χ1) is 10.4. The van der Waals surface area contributed by atoms with Gasteiger partial charge in [0.2, 0.25) is 0 Å². The lowest BCUT2D eigenvalue weighted by Crippen LogP contribution is -1.76. The van der Waals surface area contributed by atoms with E-state index in [1.165, 1.54) is 45.9 Å². The average molecular weight is 270 g/mol. The summed E-state index contributed by atoms with van der Waals surface area (Å²) in [5, 5.41) is 2.92. The molecule has 0 radical (unpaired) electrons. The molecule has 5 rings (SSSR count). The number of hydrogen-bond acceptors (Lipinski definition) is 0. The van der Waals surface area contributed by atoms with Gasteiger partial charge >= 0.3 is 0 Å². The molecule has 0 bridgehead atoms. The van der Waals surface area contributed by atoms with E-state index in [0.29, 0.717) is 0 Å². The van der Waals surface area contributed by atoms with Crippen molar-refractivity contribution in [2.75, 3.05) is 0 Å². The van der Waals surface area contributed by atoms with E-state index in [1.54, 1.807) is 0 Å². The Kier molecular flexibility index (Phi) is 3.08. The lowest BCUT2D eigenvalue weighted by molar-refractivity contribution is 1.02. The van der Waals surface area contributed by atoms with Crippen LogP contribution in [0.3, 0.4) is 0 Å². The predicted molar refractivity (Wildman–Crippen MR) is 90.5 cm³/mol. The van der Waals surface area contributed by atoms with Crippen LogP contribution < -0.4 is 0 Å². The van der Waals surface area contributed by atoms with Gasteiger partial charge in [0.05, 0.1) is 0 Å². The molecule has 0 saturated carbocycles. The Morgan fingerprint density at radius 1 is 0.619 bits per heavy atom. The van der Waals surface area contributed by atoms with Crippen LogP contribution in [-0.2, 0) is 19.3 Å². The van der Waals surface area contributed by atoms with E-state index < -0.39 is 0 Å². The lowest BCUT2D eigenvalue weighted by atomic mass is 10.1. The first kappa shape index (κ1) is 12.4. The molecule has 102 valence electrons. The van der Waals surface area contributed by atoms with Crippen LogP contribution in [0.15, 0.2) is 66.7 Å². The highest BCUT2D eigenvalue weighted by molar-refractivity contribution is 5.90. The van der Waals surface area contributed by atoms with E-state index in [4.69, 9.17) is 0 Å². The SMILES string of the molecule is C1=Cc2ccccc2C1.c1cc2c3c(cccc3c1)CC2. The van der Waals surface area contributed by atoms with Crippen molar-refractivity contribution in [1.29, 1.82) is 0 Å². The summed E-state index contributed by atoms with van der Waals surface area (Å²) in [6.07, 6.45) is 7.96. The molecule has 0 amide bonds. The largest absolute Gasteiger partial charge is 0.0795 e. The molecule has 0 unspecified atom stereocenters. The molecule has 3 aromatic rings. The third-order valence-electron chi connectivity index (χ3n) is 4.43. The number of fused-ring (bicyclic) bond motifs is 1. The van der Waals surface area contributed by atoms with Crippen LogP contribution >= 0.6 is 0 Å². The molecule has 2 aliphatic rings. The quantitative estimate of drug-likeness (QED) is 0.527. The fraction of sp³-hybridized carbons (Fsp3) is 0.143. The summed E-state index contributed by atoms with van der Waals surface area (Å²) in [6.45, 7) is 0. The van der Waals surface area contributed by atoms with Gasteiger partial charge in [-0.3, -0.25) is 0 Å². The summed E-state index contributed by atoms with van der Waals surface area (Å²) in [4.78, 5) is 0. The summed E-state index contributed by atoms with van der Waals surface area (Å²) in [5.74, 6) is 0. The van der Waals surface area contributed by atoms with Crippen molar-refractivity contribution < 1.29 is 0 Å². The summed E-state index contributed by atoms with van der Waals surface area (Å²) >= 11 is 0. The van der Waals surface area contributed by atoms with Gasteiger partial charge in [0.15, 0.2) is 0 Å². The highest BCUT2D eigenvalue weighted by Gasteiger charge is 2.11. The van der Waals surface area contributed by atoms with Gasteiger partial charge in [0.25, 0.3) is 0 Å². The maximum Gasteiger partial charge on any atom is -0.00882 e. The van der Waals surface area contributed by atoms with Crippen molar-refractivity contribution >= 4 is 16.8 Å². The molecule has 0 heterocycles. The Morgan fingerprint density at radius 3 is 2.00 bits per heavy atom. The van der Waals surface area contributed by atoms with Gasteiger partial charge in [-0.25, -0.2) is 0 Å². The van der Waals surface area contributed by atoms with Crippen LogP contribution in [0.4, 0.5) is 0 Å². The molecule has 0 N–H and O–H groups in total. The topological polar surface area (TPSA) is 0 Å². The van der Waals surface area contributed by atoms with Crippen LogP contribution in [0.1, 0.15) is 22.3 Å². The van der Waals surface area contributed by atoms with E-state index in [-0.39, 0.29) is 0 Å². The van der Waals surface area contributed by atoms with Crippen LogP contribution in [0.2, 0.25) is 0 Å². The maximum atomic E-state index is 2.25. The minimum atomic E-state index is 1.12. The van der Waals surface area contributed by atoms with E-state index in [2.05, 4.69) is 72.8 Å². The Morgan fingerprint density at radius 2 is 1.29 bits per heavy atom. The minimum absolute atomic E-state index is 1.12. The summed E-state index contributed by atoms with van der Waals surface area (Å²) in [5.41, 5.74) is 5.90. The molecule has 0 aromatic heterocycles. The van der Waals surface area contributed by atoms with Crippen molar-refractivity contribution in [3.63, 3.8) is 0 Å². The standard InChI is InChI=1S/C12H10.C9H8/c1-3-9-4-2-6-11-8-7-10(5-1)12(9)11;1-2-5-9-7-3-6-8(9)4-1/h1-6H,7-8H2;1-6H,7H2. The van der Waals surface area contributed by atoms with Crippen molar-refractivity contribution in [1.82, 2.24) is 0 Å². The molecular weight excluding hydrogens is 252 g/mol. The molecular formula is C21H18. The maximum absolute atomic E-state index is 2.25. The molecule has 0 aliphatic heterocycles. The Labute approximate surface area is 125 Å². The Balaban J connectivity index is 0.000000115. The average Bonchev–Trinajstić information content (AvgIpc) is 3.17. The molecule has 0 atom stereocenters. The van der Waals surface area contributed by atoms with Gasteiger partial charge in [-0.05, 0) is 52.3 Å². The monoisotopic (exact) mass is 270 g/mol. The second kappa shape index (κ2) is 5.21. The van der Waals surface area contributed by atoms with Gasteiger partial charge in [-0.2, -0.15) is 0 Å². The zero-order valence-electron chi connectivity index (χ0n) is 12.0. The van der Waals surface area contributed by atoms with E-state index in [9.17, 15) is 0 Å². The normalized spacial score (nSPS) is 13.9. The first-order valence-electron chi connectivity index (χ1n) is 7.66. The highest BCUT2D eigenvalue weighted by Crippen LogP contribution is 2.29. The molecule has 2 aliphatic carbocycles.